The minimum absolute atomic E-state index is 0.0253. The zero-order chi connectivity index (χ0) is 13.7. The lowest BCUT2D eigenvalue weighted by molar-refractivity contribution is -0.385. The molecule has 1 amide bonds. The van der Waals surface area contributed by atoms with Crippen molar-refractivity contribution in [2.24, 2.45) is 0 Å². The van der Waals surface area contributed by atoms with E-state index in [1.165, 1.54) is 0 Å². The van der Waals surface area contributed by atoms with E-state index in [4.69, 9.17) is 5.11 Å². The van der Waals surface area contributed by atoms with Crippen LogP contribution in [0, 0.1) is 15.9 Å². The number of amides is 1. The van der Waals surface area contributed by atoms with Crippen LogP contribution in [0.1, 0.15) is 19.8 Å². The molecule has 1 atom stereocenters. The highest BCUT2D eigenvalue weighted by Crippen LogP contribution is 2.20. The van der Waals surface area contributed by atoms with E-state index in [1.54, 1.807) is 6.92 Å². The number of rotatable bonds is 5. The van der Waals surface area contributed by atoms with Gasteiger partial charge in [0, 0.05) is 12.5 Å². The van der Waals surface area contributed by atoms with Crippen LogP contribution in [0.5, 0.6) is 0 Å². The molecule has 0 aliphatic rings. The molecule has 1 aromatic carbocycles. The summed E-state index contributed by atoms with van der Waals surface area (Å²) in [5.41, 5.74) is -0.405. The van der Waals surface area contributed by atoms with Crippen LogP contribution in [-0.4, -0.2) is 22.0 Å². The zero-order valence-electron chi connectivity index (χ0n) is 9.72. The summed E-state index contributed by atoms with van der Waals surface area (Å²) in [7, 11) is 0. The molecule has 0 spiro atoms. The second kappa shape index (κ2) is 6.06. The number of hydrogen-bond acceptors (Lipinski definition) is 4. The van der Waals surface area contributed by atoms with E-state index in [-0.39, 0.29) is 18.5 Å². The third kappa shape index (κ3) is 4.46. The van der Waals surface area contributed by atoms with Gasteiger partial charge in [-0.3, -0.25) is 14.9 Å². The quantitative estimate of drug-likeness (QED) is 0.621. The van der Waals surface area contributed by atoms with Crippen LogP contribution >= 0.6 is 0 Å². The molecule has 0 aromatic heterocycles. The molecule has 0 radical (unpaired) electrons. The number of halogens is 1. The number of nitro groups is 1. The topological polar surface area (TPSA) is 92.5 Å². The Kier molecular flexibility index (Phi) is 4.73. The van der Waals surface area contributed by atoms with Crippen LogP contribution in [0.15, 0.2) is 18.2 Å². The molecule has 2 N–H and O–H groups in total. The van der Waals surface area contributed by atoms with E-state index in [2.05, 4.69) is 5.32 Å². The minimum Gasteiger partial charge on any atom is -0.393 e. The largest absolute Gasteiger partial charge is 0.393 e. The van der Waals surface area contributed by atoms with E-state index in [0.717, 1.165) is 18.2 Å². The van der Waals surface area contributed by atoms with E-state index in [1.807, 2.05) is 0 Å². The van der Waals surface area contributed by atoms with Gasteiger partial charge in [-0.1, -0.05) is 0 Å². The van der Waals surface area contributed by atoms with Crippen molar-refractivity contribution in [2.75, 3.05) is 5.32 Å². The Bertz CT molecular complexity index is 462. The first-order valence-corrected chi connectivity index (χ1v) is 5.31. The number of nitrogens with one attached hydrogen (secondary N) is 1. The average molecular weight is 256 g/mol. The lowest BCUT2D eigenvalue weighted by atomic mass is 10.2. The number of nitrogens with zero attached hydrogens (tertiary/aromatic N) is 1. The fourth-order valence-electron chi connectivity index (χ4n) is 1.32. The minimum atomic E-state index is -0.796. The van der Waals surface area contributed by atoms with Gasteiger partial charge in [-0.15, -0.1) is 0 Å². The van der Waals surface area contributed by atoms with Crippen molar-refractivity contribution in [1.29, 1.82) is 0 Å². The summed E-state index contributed by atoms with van der Waals surface area (Å²) in [6.45, 7) is 1.54. The van der Waals surface area contributed by atoms with Crippen molar-refractivity contribution in [3.05, 3.63) is 34.1 Å². The van der Waals surface area contributed by atoms with Gasteiger partial charge in [-0.2, -0.15) is 0 Å². The standard InChI is InChI=1S/C11H13FN2O4/c1-7(15)2-3-11(16)13-9-4-8(12)5-10(6-9)14(17)18/h4-7,15H,2-3H2,1H3,(H,13,16). The number of aliphatic hydroxyl groups is 1. The summed E-state index contributed by atoms with van der Waals surface area (Å²) in [6, 6.07) is 2.84. The highest BCUT2D eigenvalue weighted by atomic mass is 19.1. The Balaban J connectivity index is 2.72. The summed E-state index contributed by atoms with van der Waals surface area (Å²) >= 11 is 0. The number of benzene rings is 1. The van der Waals surface area contributed by atoms with E-state index < -0.39 is 28.4 Å². The number of anilines is 1. The summed E-state index contributed by atoms with van der Waals surface area (Å²) in [4.78, 5) is 21.2. The van der Waals surface area contributed by atoms with Gasteiger partial charge in [0.1, 0.15) is 5.82 Å². The molecule has 7 heteroatoms. The van der Waals surface area contributed by atoms with Gasteiger partial charge in [0.05, 0.1) is 22.8 Å². The zero-order valence-corrected chi connectivity index (χ0v) is 9.72. The summed E-state index contributed by atoms with van der Waals surface area (Å²) in [5.74, 6) is -1.23. The fraction of sp³-hybridized carbons (Fsp3) is 0.364. The fourth-order valence-corrected chi connectivity index (χ4v) is 1.32. The molecule has 0 aliphatic carbocycles. The van der Waals surface area contributed by atoms with Gasteiger partial charge in [0.2, 0.25) is 5.91 Å². The molecule has 0 aliphatic heterocycles. The number of non-ortho nitro benzene ring substituents is 1. The number of nitro benzene ring substituents is 1. The molecule has 0 bridgehead atoms. The summed E-state index contributed by atoms with van der Waals surface area (Å²) in [6.07, 6.45) is -0.289. The van der Waals surface area contributed by atoms with Gasteiger partial charge in [0.15, 0.2) is 0 Å². The highest BCUT2D eigenvalue weighted by molar-refractivity contribution is 5.91. The maximum Gasteiger partial charge on any atom is 0.274 e. The monoisotopic (exact) mass is 256 g/mol. The molecule has 6 nitrogen and oxygen atoms in total. The van der Waals surface area contributed by atoms with Crippen LogP contribution in [0.3, 0.4) is 0 Å². The maximum absolute atomic E-state index is 13.1. The van der Waals surface area contributed by atoms with Gasteiger partial charge in [-0.05, 0) is 19.4 Å². The predicted molar refractivity (Wildman–Crippen MR) is 62.6 cm³/mol. The predicted octanol–water partition coefficient (Wildman–Crippen LogP) is 1.83. The smallest absolute Gasteiger partial charge is 0.274 e. The normalized spacial score (nSPS) is 11.9. The lowest BCUT2D eigenvalue weighted by Crippen LogP contribution is -2.14. The van der Waals surface area contributed by atoms with Gasteiger partial charge >= 0.3 is 0 Å². The van der Waals surface area contributed by atoms with Crippen LogP contribution in [0.2, 0.25) is 0 Å². The molecule has 0 heterocycles. The van der Waals surface area contributed by atoms with Crippen molar-refractivity contribution < 1.29 is 19.2 Å². The van der Waals surface area contributed by atoms with Crippen LogP contribution in [0.25, 0.3) is 0 Å². The first-order valence-electron chi connectivity index (χ1n) is 5.31. The molecule has 0 fully saturated rings. The van der Waals surface area contributed by atoms with Gasteiger partial charge in [-0.25, -0.2) is 4.39 Å². The van der Waals surface area contributed by atoms with Crippen molar-refractivity contribution in [2.45, 2.75) is 25.9 Å². The molecule has 1 rings (SSSR count). The molecule has 1 aromatic rings. The Morgan fingerprint density at radius 2 is 2.22 bits per heavy atom. The van der Waals surface area contributed by atoms with Gasteiger partial charge in [0.25, 0.3) is 5.69 Å². The third-order valence-electron chi connectivity index (χ3n) is 2.17. The number of carbonyl (C=O) groups is 1. The SMILES string of the molecule is CC(O)CCC(=O)Nc1cc(F)cc([N+](=O)[O-])c1. The average Bonchev–Trinajstić information content (AvgIpc) is 2.25. The summed E-state index contributed by atoms with van der Waals surface area (Å²) in [5, 5.41) is 21.8. The molecule has 0 saturated heterocycles. The second-order valence-electron chi connectivity index (χ2n) is 3.89. The van der Waals surface area contributed by atoms with Crippen LogP contribution in [0.4, 0.5) is 15.8 Å². The van der Waals surface area contributed by atoms with Crippen molar-refractivity contribution in [3.8, 4) is 0 Å². The molecular formula is C11H13FN2O4. The summed E-state index contributed by atoms with van der Waals surface area (Å²) < 4.78 is 13.1. The van der Waals surface area contributed by atoms with E-state index >= 15 is 0 Å². The number of aliphatic hydroxyl groups excluding tert-OH is 1. The Morgan fingerprint density at radius 1 is 1.56 bits per heavy atom. The Labute approximate surface area is 103 Å². The maximum atomic E-state index is 13.1. The Morgan fingerprint density at radius 3 is 2.78 bits per heavy atom. The molecule has 18 heavy (non-hydrogen) atoms. The van der Waals surface area contributed by atoms with E-state index in [0.29, 0.717) is 0 Å². The number of hydrogen-bond donors (Lipinski definition) is 2. The lowest BCUT2D eigenvalue weighted by Gasteiger charge is -2.06. The van der Waals surface area contributed by atoms with E-state index in [9.17, 15) is 19.3 Å². The first kappa shape index (κ1) is 14.0. The third-order valence-corrected chi connectivity index (χ3v) is 2.17. The molecule has 1 unspecified atom stereocenters. The number of carbonyl (C=O) groups excluding carboxylic acids is 1. The molecule has 98 valence electrons. The van der Waals surface area contributed by atoms with Crippen molar-refractivity contribution >= 4 is 17.3 Å². The van der Waals surface area contributed by atoms with Crippen molar-refractivity contribution in [3.63, 3.8) is 0 Å². The molecule has 0 saturated carbocycles. The van der Waals surface area contributed by atoms with Crippen LogP contribution < -0.4 is 5.32 Å². The highest BCUT2D eigenvalue weighted by Gasteiger charge is 2.12. The molecular weight excluding hydrogens is 243 g/mol. The first-order chi connectivity index (χ1) is 8.38. The van der Waals surface area contributed by atoms with Gasteiger partial charge < -0.3 is 10.4 Å². The van der Waals surface area contributed by atoms with Crippen LogP contribution in [-0.2, 0) is 4.79 Å². The van der Waals surface area contributed by atoms with Crippen molar-refractivity contribution in [1.82, 2.24) is 0 Å². The Hall–Kier alpha value is -2.02. The second-order valence-corrected chi connectivity index (χ2v) is 3.89.